The molecule has 4 aliphatic heterocycles. The molecule has 2 fully saturated rings. The van der Waals surface area contributed by atoms with Crippen molar-refractivity contribution in [3.63, 3.8) is 0 Å². The zero-order valence-electron chi connectivity index (χ0n) is 23.9. The van der Waals surface area contributed by atoms with E-state index in [0.29, 0.717) is 48.1 Å². The maximum absolute atomic E-state index is 13.1. The van der Waals surface area contributed by atoms with Crippen LogP contribution in [-0.2, 0) is 0 Å². The van der Waals surface area contributed by atoms with Gasteiger partial charge in [0.2, 0.25) is 0 Å². The lowest BCUT2D eigenvalue weighted by atomic mass is 10.1. The first-order chi connectivity index (χ1) is 19.9. The largest absolute Gasteiger partial charge is 0.493 e. The van der Waals surface area contributed by atoms with E-state index < -0.39 is 0 Å². The summed E-state index contributed by atoms with van der Waals surface area (Å²) in [5.41, 5.74) is 4.81. The summed E-state index contributed by atoms with van der Waals surface area (Å²) in [6, 6.07) is 7.66. The quantitative estimate of drug-likeness (QED) is 0.291. The molecular weight excluding hydrogens is 518 g/mol. The molecule has 6 rings (SSSR count). The van der Waals surface area contributed by atoms with Crippen LogP contribution in [-0.4, -0.2) is 73.3 Å². The molecule has 8 heteroatoms. The van der Waals surface area contributed by atoms with Gasteiger partial charge in [-0.15, -0.1) is 0 Å². The summed E-state index contributed by atoms with van der Waals surface area (Å²) < 4.78 is 17.7. The van der Waals surface area contributed by atoms with Gasteiger partial charge in [0.15, 0.2) is 11.5 Å². The Morgan fingerprint density at radius 2 is 1.71 bits per heavy atom. The van der Waals surface area contributed by atoms with Gasteiger partial charge in [0, 0.05) is 25.4 Å². The van der Waals surface area contributed by atoms with Gasteiger partial charge in [0.1, 0.15) is 5.75 Å². The first-order valence-electron chi connectivity index (χ1n) is 14.6. The number of aliphatic imine (C=N–C) groups is 1. The molecule has 0 aliphatic carbocycles. The van der Waals surface area contributed by atoms with Gasteiger partial charge in [-0.2, -0.15) is 0 Å². The lowest BCUT2D eigenvalue weighted by molar-refractivity contribution is 0.0760. The van der Waals surface area contributed by atoms with Gasteiger partial charge in [-0.1, -0.05) is 24.3 Å². The van der Waals surface area contributed by atoms with Crippen LogP contribution in [0.3, 0.4) is 0 Å². The maximum Gasteiger partial charge on any atom is 0.256 e. The molecule has 0 N–H and O–H groups in total. The fraction of sp³-hybridized carbons (Fsp3) is 0.424. The van der Waals surface area contributed by atoms with Crippen molar-refractivity contribution < 1.29 is 23.8 Å². The highest BCUT2D eigenvalue weighted by Gasteiger charge is 2.34. The van der Waals surface area contributed by atoms with E-state index in [2.05, 4.69) is 17.6 Å². The Morgan fingerprint density at radius 1 is 0.927 bits per heavy atom. The predicted molar refractivity (Wildman–Crippen MR) is 159 cm³/mol. The van der Waals surface area contributed by atoms with E-state index in [4.69, 9.17) is 14.2 Å². The maximum atomic E-state index is 13.1. The van der Waals surface area contributed by atoms with Crippen molar-refractivity contribution in [3.8, 4) is 17.2 Å². The SMILES string of the molecule is C=C1C[C@H]2C=Nc3cc(OCCCCCOc4cc5c(cc4OC)C(=O)N4CCC[C@H]4C=C5)c(C)cc3C(=O)N2C1. The van der Waals surface area contributed by atoms with Crippen LogP contribution in [0.25, 0.3) is 6.08 Å². The third-order valence-corrected chi connectivity index (χ3v) is 8.39. The van der Waals surface area contributed by atoms with E-state index in [-0.39, 0.29) is 23.9 Å². The number of ether oxygens (including phenoxy) is 3. The number of carbonyl (C=O) groups excluding carboxylic acids is 2. The van der Waals surface area contributed by atoms with Gasteiger partial charge >= 0.3 is 0 Å². The molecule has 2 atom stereocenters. The number of hydrogen-bond acceptors (Lipinski definition) is 6. The number of unbranched alkanes of at least 4 members (excludes halogenated alkanes) is 2. The zero-order chi connectivity index (χ0) is 28.5. The molecular formula is C33H37N3O5. The van der Waals surface area contributed by atoms with Crippen LogP contribution in [0.1, 0.15) is 70.4 Å². The summed E-state index contributed by atoms with van der Waals surface area (Å²) in [4.78, 5) is 34.6. The Balaban J connectivity index is 1.00. The summed E-state index contributed by atoms with van der Waals surface area (Å²) in [7, 11) is 1.60. The minimum absolute atomic E-state index is 0.00451. The Hall–Kier alpha value is -4.07. The van der Waals surface area contributed by atoms with Gasteiger partial charge in [-0.05, 0) is 74.8 Å². The number of benzene rings is 2. The molecule has 4 heterocycles. The van der Waals surface area contributed by atoms with Crippen molar-refractivity contribution in [2.24, 2.45) is 4.99 Å². The first-order valence-corrected chi connectivity index (χ1v) is 14.6. The number of methoxy groups -OCH3 is 1. The second-order valence-electron chi connectivity index (χ2n) is 11.3. The van der Waals surface area contributed by atoms with Gasteiger partial charge in [-0.3, -0.25) is 14.6 Å². The van der Waals surface area contributed by atoms with Crippen LogP contribution in [0, 0.1) is 6.92 Å². The van der Waals surface area contributed by atoms with Crippen LogP contribution in [0.15, 0.2) is 47.5 Å². The molecule has 0 spiro atoms. The van der Waals surface area contributed by atoms with E-state index in [1.165, 1.54) is 0 Å². The predicted octanol–water partition coefficient (Wildman–Crippen LogP) is 5.75. The molecule has 2 amide bonds. The fourth-order valence-corrected chi connectivity index (χ4v) is 6.15. The Labute approximate surface area is 241 Å². The van der Waals surface area contributed by atoms with Crippen molar-refractivity contribution in [1.82, 2.24) is 9.80 Å². The third-order valence-electron chi connectivity index (χ3n) is 8.39. The summed E-state index contributed by atoms with van der Waals surface area (Å²) in [6.45, 7) is 8.50. The summed E-state index contributed by atoms with van der Waals surface area (Å²) in [5.74, 6) is 2.06. The van der Waals surface area contributed by atoms with E-state index in [1.54, 1.807) is 7.11 Å². The number of aryl methyl sites for hydroxylation is 1. The van der Waals surface area contributed by atoms with Gasteiger partial charge < -0.3 is 24.0 Å². The van der Waals surface area contributed by atoms with Crippen LogP contribution >= 0.6 is 0 Å². The summed E-state index contributed by atoms with van der Waals surface area (Å²) in [6.07, 6.45) is 11.5. The molecule has 2 saturated heterocycles. The van der Waals surface area contributed by atoms with Gasteiger partial charge in [-0.25, -0.2) is 0 Å². The molecule has 214 valence electrons. The lowest BCUT2D eigenvalue weighted by Gasteiger charge is -2.21. The number of rotatable bonds is 9. The van der Waals surface area contributed by atoms with E-state index >= 15 is 0 Å². The molecule has 2 aromatic rings. The Bertz CT molecular complexity index is 1440. The highest BCUT2D eigenvalue weighted by molar-refractivity contribution is 6.03. The molecule has 4 aliphatic rings. The molecule has 0 bridgehead atoms. The molecule has 0 saturated carbocycles. The average molecular weight is 556 g/mol. The van der Waals surface area contributed by atoms with Crippen LogP contribution in [0.5, 0.6) is 17.2 Å². The summed E-state index contributed by atoms with van der Waals surface area (Å²) in [5, 5.41) is 0. The lowest BCUT2D eigenvalue weighted by Crippen LogP contribution is -2.35. The van der Waals surface area contributed by atoms with Crippen LogP contribution in [0.4, 0.5) is 5.69 Å². The normalized spacial score (nSPS) is 20.8. The highest BCUT2D eigenvalue weighted by atomic mass is 16.5. The van der Waals surface area contributed by atoms with E-state index in [0.717, 1.165) is 67.5 Å². The van der Waals surface area contributed by atoms with E-state index in [9.17, 15) is 9.59 Å². The number of fused-ring (bicyclic) bond motifs is 4. The number of amides is 2. The minimum Gasteiger partial charge on any atom is -0.493 e. The van der Waals surface area contributed by atoms with Crippen molar-refractivity contribution >= 4 is 29.8 Å². The monoisotopic (exact) mass is 555 g/mol. The number of nitrogens with zero attached hydrogens (tertiary/aromatic N) is 3. The zero-order valence-corrected chi connectivity index (χ0v) is 23.9. The Kier molecular flexibility index (Phi) is 7.56. The van der Waals surface area contributed by atoms with Crippen molar-refractivity contribution in [3.05, 3.63) is 64.7 Å². The molecule has 0 unspecified atom stereocenters. The number of hydrogen-bond donors (Lipinski definition) is 0. The van der Waals surface area contributed by atoms with Crippen molar-refractivity contribution in [1.29, 1.82) is 0 Å². The minimum atomic E-state index is -0.0169. The molecule has 8 nitrogen and oxygen atoms in total. The second kappa shape index (κ2) is 11.4. The van der Waals surface area contributed by atoms with Crippen molar-refractivity contribution in [2.45, 2.75) is 57.5 Å². The van der Waals surface area contributed by atoms with E-state index in [1.807, 2.05) is 53.3 Å². The topological polar surface area (TPSA) is 80.7 Å². The molecule has 0 radical (unpaired) electrons. The smallest absolute Gasteiger partial charge is 0.256 e. The standard InChI is InChI=1S/C33H37N3O5/c1-21-14-25-19-34-28-18-29(22(2)15-27(28)33(38)36(25)20-21)40-12-5-4-6-13-41-31-16-23-9-10-24-8-7-11-35(24)32(37)26(23)17-30(31)39-3/h9-10,15-19,24-25H,1,4-8,11-14,20H2,2-3H3/t24-,25-/m0/s1. The number of carbonyl (C=O) groups is 2. The van der Waals surface area contributed by atoms with Crippen LogP contribution in [0.2, 0.25) is 0 Å². The third kappa shape index (κ3) is 5.35. The van der Waals surface area contributed by atoms with Crippen molar-refractivity contribution in [2.75, 3.05) is 33.4 Å². The van der Waals surface area contributed by atoms with Crippen LogP contribution < -0.4 is 14.2 Å². The molecule has 0 aromatic heterocycles. The molecule has 2 aromatic carbocycles. The first kappa shape index (κ1) is 27.1. The Morgan fingerprint density at radius 3 is 2.51 bits per heavy atom. The molecule has 41 heavy (non-hydrogen) atoms. The van der Waals surface area contributed by atoms with Gasteiger partial charge in [0.05, 0.1) is 49.2 Å². The fourth-order valence-electron chi connectivity index (χ4n) is 6.15. The average Bonchev–Trinajstić information content (AvgIpc) is 3.54. The highest BCUT2D eigenvalue weighted by Crippen LogP contribution is 2.36. The summed E-state index contributed by atoms with van der Waals surface area (Å²) >= 11 is 0. The van der Waals surface area contributed by atoms with Gasteiger partial charge in [0.25, 0.3) is 11.8 Å². The second-order valence-corrected chi connectivity index (χ2v) is 11.3.